The number of anilines is 2. The van der Waals surface area contributed by atoms with E-state index in [0.29, 0.717) is 47.7 Å². The van der Waals surface area contributed by atoms with Crippen molar-refractivity contribution in [3.05, 3.63) is 59.4 Å². The maximum absolute atomic E-state index is 13.4. The van der Waals surface area contributed by atoms with E-state index in [9.17, 15) is 4.39 Å². The maximum atomic E-state index is 13.4. The van der Waals surface area contributed by atoms with Gasteiger partial charge in [0.15, 0.2) is 5.82 Å². The van der Waals surface area contributed by atoms with E-state index >= 15 is 0 Å². The number of nitrogens with one attached hydrogen (secondary N) is 2. The summed E-state index contributed by atoms with van der Waals surface area (Å²) in [5.74, 6) is 3.84. The van der Waals surface area contributed by atoms with Crippen molar-refractivity contribution in [2.45, 2.75) is 19.8 Å². The maximum Gasteiger partial charge on any atom is 0.164 e. The first-order valence-electron chi connectivity index (χ1n) is 9.93. The molecule has 0 aliphatic rings. The van der Waals surface area contributed by atoms with E-state index in [1.807, 2.05) is 24.3 Å². The van der Waals surface area contributed by atoms with Crippen LogP contribution in [0.5, 0.6) is 23.0 Å². The van der Waals surface area contributed by atoms with E-state index in [0.717, 1.165) is 11.1 Å². The normalized spacial score (nSPS) is 10.4. The molecule has 0 spiro atoms. The molecular weight excluding hydrogens is 415 g/mol. The van der Waals surface area contributed by atoms with Gasteiger partial charge in [0.05, 0.1) is 28.4 Å². The SMILES string of the molecule is COc1ccc(CNc2cc(NCc3ccc(OC)cc3OC)nc(CF)n2)c(OC)c1. The summed E-state index contributed by atoms with van der Waals surface area (Å²) in [5, 5.41) is 6.41. The second kappa shape index (κ2) is 11.0. The zero-order chi connectivity index (χ0) is 22.9. The first-order valence-corrected chi connectivity index (χ1v) is 9.93. The number of methoxy groups -OCH3 is 4. The Labute approximate surface area is 186 Å². The number of hydrogen-bond acceptors (Lipinski definition) is 8. The molecule has 9 heteroatoms. The lowest BCUT2D eigenvalue weighted by Crippen LogP contribution is -2.09. The first-order chi connectivity index (χ1) is 15.6. The highest BCUT2D eigenvalue weighted by atomic mass is 19.1. The monoisotopic (exact) mass is 442 g/mol. The van der Waals surface area contributed by atoms with Gasteiger partial charge >= 0.3 is 0 Å². The van der Waals surface area contributed by atoms with Gasteiger partial charge in [0.2, 0.25) is 0 Å². The van der Waals surface area contributed by atoms with E-state index in [-0.39, 0.29) is 5.82 Å². The van der Waals surface area contributed by atoms with Crippen molar-refractivity contribution in [2.75, 3.05) is 39.1 Å². The summed E-state index contributed by atoms with van der Waals surface area (Å²) in [6.45, 7) is 0.0885. The van der Waals surface area contributed by atoms with Crippen molar-refractivity contribution >= 4 is 11.6 Å². The lowest BCUT2D eigenvalue weighted by Gasteiger charge is -2.14. The minimum absolute atomic E-state index is 0.0842. The van der Waals surface area contributed by atoms with E-state index < -0.39 is 6.67 Å². The smallest absolute Gasteiger partial charge is 0.164 e. The molecule has 3 rings (SSSR count). The number of alkyl halides is 1. The van der Waals surface area contributed by atoms with Crippen LogP contribution < -0.4 is 29.6 Å². The lowest BCUT2D eigenvalue weighted by atomic mass is 10.2. The highest BCUT2D eigenvalue weighted by Gasteiger charge is 2.10. The summed E-state index contributed by atoms with van der Waals surface area (Å²) in [4.78, 5) is 8.45. The van der Waals surface area contributed by atoms with Crippen molar-refractivity contribution in [3.8, 4) is 23.0 Å². The minimum Gasteiger partial charge on any atom is -0.497 e. The van der Waals surface area contributed by atoms with E-state index in [1.165, 1.54) is 0 Å². The van der Waals surface area contributed by atoms with Gasteiger partial charge in [-0.05, 0) is 24.3 Å². The van der Waals surface area contributed by atoms with Gasteiger partial charge in [0.1, 0.15) is 41.3 Å². The summed E-state index contributed by atoms with van der Waals surface area (Å²) < 4.78 is 34.7. The molecule has 32 heavy (non-hydrogen) atoms. The molecule has 0 amide bonds. The molecular formula is C23H27FN4O4. The van der Waals surface area contributed by atoms with Crippen molar-refractivity contribution in [2.24, 2.45) is 0 Å². The van der Waals surface area contributed by atoms with Gasteiger partial charge in [-0.3, -0.25) is 0 Å². The van der Waals surface area contributed by atoms with Crippen LogP contribution in [0.15, 0.2) is 42.5 Å². The molecule has 0 aliphatic heterocycles. The Hall–Kier alpha value is -3.75. The predicted molar refractivity (Wildman–Crippen MR) is 121 cm³/mol. The number of rotatable bonds is 11. The first kappa shape index (κ1) is 22.9. The molecule has 0 unspecified atom stereocenters. The van der Waals surface area contributed by atoms with Crippen molar-refractivity contribution in [1.29, 1.82) is 0 Å². The van der Waals surface area contributed by atoms with Crippen LogP contribution in [0.25, 0.3) is 0 Å². The van der Waals surface area contributed by atoms with Crippen LogP contribution in [0.1, 0.15) is 17.0 Å². The number of benzene rings is 2. The average molecular weight is 442 g/mol. The van der Waals surface area contributed by atoms with E-state index in [2.05, 4.69) is 20.6 Å². The Morgan fingerprint density at radius 1 is 0.688 bits per heavy atom. The number of hydrogen-bond donors (Lipinski definition) is 2. The Balaban J connectivity index is 1.73. The number of aromatic nitrogens is 2. The average Bonchev–Trinajstić information content (AvgIpc) is 2.85. The Bertz CT molecular complexity index is 971. The van der Waals surface area contributed by atoms with Crippen molar-refractivity contribution < 1.29 is 23.3 Å². The standard InChI is InChI=1S/C23H27FN4O4/c1-29-17-7-5-15(19(9-17)31-3)13-25-21-11-22(28-23(12-24)27-21)26-14-16-6-8-18(30-2)10-20(16)32-4/h5-11H,12-14H2,1-4H3,(H2,25,26,27,28). The van der Waals surface area contributed by atoms with Gasteiger partial charge < -0.3 is 29.6 Å². The number of nitrogens with zero attached hydrogens (tertiary/aromatic N) is 2. The molecule has 0 saturated heterocycles. The van der Waals surface area contributed by atoms with Gasteiger partial charge in [0.25, 0.3) is 0 Å². The molecule has 170 valence electrons. The highest BCUT2D eigenvalue weighted by molar-refractivity contribution is 5.50. The molecule has 0 aliphatic carbocycles. The molecule has 0 bridgehead atoms. The van der Waals surface area contributed by atoms with Gasteiger partial charge in [-0.1, -0.05) is 0 Å². The summed E-state index contributed by atoms with van der Waals surface area (Å²) in [7, 11) is 6.39. The molecule has 1 aromatic heterocycles. The fourth-order valence-corrected chi connectivity index (χ4v) is 3.11. The van der Waals surface area contributed by atoms with Crippen LogP contribution in [0, 0.1) is 0 Å². The third-order valence-corrected chi connectivity index (χ3v) is 4.80. The Morgan fingerprint density at radius 3 is 1.53 bits per heavy atom. The highest BCUT2D eigenvalue weighted by Crippen LogP contribution is 2.27. The van der Waals surface area contributed by atoms with Gasteiger partial charge in [0, 0.05) is 42.4 Å². The molecule has 1 heterocycles. The van der Waals surface area contributed by atoms with Crippen LogP contribution >= 0.6 is 0 Å². The fourth-order valence-electron chi connectivity index (χ4n) is 3.11. The summed E-state index contributed by atoms with van der Waals surface area (Å²) in [6, 6.07) is 12.8. The molecule has 2 aromatic carbocycles. The molecule has 2 N–H and O–H groups in total. The van der Waals surface area contributed by atoms with Gasteiger partial charge in [-0.25, -0.2) is 14.4 Å². The van der Waals surface area contributed by atoms with Crippen molar-refractivity contribution in [1.82, 2.24) is 9.97 Å². The van der Waals surface area contributed by atoms with E-state index in [4.69, 9.17) is 18.9 Å². The summed E-state index contributed by atoms with van der Waals surface area (Å²) in [6.07, 6.45) is 0. The lowest BCUT2D eigenvalue weighted by molar-refractivity contribution is 0.391. The zero-order valence-corrected chi connectivity index (χ0v) is 18.6. The third kappa shape index (κ3) is 5.69. The molecule has 3 aromatic rings. The minimum atomic E-state index is -0.776. The van der Waals surface area contributed by atoms with Crippen molar-refractivity contribution in [3.63, 3.8) is 0 Å². The molecule has 0 saturated carbocycles. The van der Waals surface area contributed by atoms with Crippen LogP contribution in [0.2, 0.25) is 0 Å². The quantitative estimate of drug-likeness (QED) is 0.457. The molecule has 0 atom stereocenters. The Morgan fingerprint density at radius 2 is 1.16 bits per heavy atom. The van der Waals surface area contributed by atoms with Gasteiger partial charge in [-0.2, -0.15) is 0 Å². The van der Waals surface area contributed by atoms with Crippen LogP contribution in [0.3, 0.4) is 0 Å². The number of halogens is 1. The Kier molecular flexibility index (Phi) is 7.91. The largest absolute Gasteiger partial charge is 0.497 e. The topological polar surface area (TPSA) is 86.8 Å². The summed E-state index contributed by atoms with van der Waals surface area (Å²) in [5.41, 5.74) is 1.82. The summed E-state index contributed by atoms with van der Waals surface area (Å²) >= 11 is 0. The van der Waals surface area contributed by atoms with E-state index in [1.54, 1.807) is 46.6 Å². The van der Waals surface area contributed by atoms with Crippen LogP contribution in [0.4, 0.5) is 16.0 Å². The molecule has 0 radical (unpaired) electrons. The van der Waals surface area contributed by atoms with Crippen LogP contribution in [-0.2, 0) is 19.8 Å². The second-order valence-corrected chi connectivity index (χ2v) is 6.75. The number of ether oxygens (including phenoxy) is 4. The van der Waals surface area contributed by atoms with Gasteiger partial charge in [-0.15, -0.1) is 0 Å². The molecule has 8 nitrogen and oxygen atoms in total. The zero-order valence-electron chi connectivity index (χ0n) is 18.6. The van der Waals surface area contributed by atoms with Crippen LogP contribution in [-0.4, -0.2) is 38.4 Å². The second-order valence-electron chi connectivity index (χ2n) is 6.75. The fraction of sp³-hybridized carbons (Fsp3) is 0.304. The molecule has 0 fully saturated rings. The predicted octanol–water partition coefficient (Wildman–Crippen LogP) is 4.20. The third-order valence-electron chi connectivity index (χ3n) is 4.80.